The van der Waals surface area contributed by atoms with Gasteiger partial charge in [0.05, 0.1) is 6.61 Å². The van der Waals surface area contributed by atoms with E-state index in [4.69, 9.17) is 16.6 Å². The quantitative estimate of drug-likeness (QED) is 0.253. The Morgan fingerprint density at radius 1 is 1.00 bits per heavy atom. The Morgan fingerprint density at radius 3 is 2.11 bits per heavy atom. The van der Waals surface area contributed by atoms with Crippen molar-refractivity contribution in [1.82, 2.24) is 10.6 Å². The summed E-state index contributed by atoms with van der Waals surface area (Å²) in [4.78, 5) is 46.7. The third-order valence-corrected chi connectivity index (χ3v) is 3.74. The summed E-state index contributed by atoms with van der Waals surface area (Å²) in [5.74, 6) is -3.54. The molecule has 0 spiro atoms. The molecule has 0 radical (unpaired) electrons. The standard InChI is InChI=1S/C17H24N4O6/c18-11(9-22)15(24)21-13(8-10-4-2-1-3-5-10)16(25)20-12(17(26)27)6-7-14(19)23/h1-5,11-13,22H,6-9,18H2,(H2,19,23)(H,20,25)(H,21,24)(H,26,27). The number of nitrogens with two attached hydrogens (primary N) is 2. The number of aliphatic hydroxyl groups excluding tert-OH is 1. The first-order valence-electron chi connectivity index (χ1n) is 8.26. The summed E-state index contributed by atoms with van der Waals surface area (Å²) in [5, 5.41) is 22.9. The maximum absolute atomic E-state index is 12.5. The zero-order chi connectivity index (χ0) is 20.4. The molecule has 0 aliphatic heterocycles. The van der Waals surface area contributed by atoms with Gasteiger partial charge in [-0.2, -0.15) is 0 Å². The van der Waals surface area contributed by atoms with Crippen LogP contribution in [0.5, 0.6) is 0 Å². The van der Waals surface area contributed by atoms with Crippen LogP contribution in [-0.4, -0.2) is 58.6 Å². The molecular formula is C17H24N4O6. The van der Waals surface area contributed by atoms with Crippen LogP contribution < -0.4 is 22.1 Å². The molecule has 0 saturated heterocycles. The lowest BCUT2D eigenvalue weighted by Crippen LogP contribution is -2.55. The monoisotopic (exact) mass is 380 g/mol. The van der Waals surface area contributed by atoms with Gasteiger partial charge >= 0.3 is 5.97 Å². The van der Waals surface area contributed by atoms with Crippen LogP contribution in [-0.2, 0) is 25.6 Å². The summed E-state index contributed by atoms with van der Waals surface area (Å²) < 4.78 is 0. The molecule has 0 aromatic heterocycles. The second-order valence-corrected chi connectivity index (χ2v) is 5.94. The topological polar surface area (TPSA) is 185 Å². The molecule has 1 aromatic carbocycles. The molecule has 148 valence electrons. The molecule has 3 unspecified atom stereocenters. The highest BCUT2D eigenvalue weighted by atomic mass is 16.4. The number of carboxylic acids is 1. The predicted octanol–water partition coefficient (Wildman–Crippen LogP) is -2.13. The van der Waals surface area contributed by atoms with Gasteiger partial charge in [-0.1, -0.05) is 30.3 Å². The number of aliphatic hydroxyl groups is 1. The predicted molar refractivity (Wildman–Crippen MR) is 95.1 cm³/mol. The Morgan fingerprint density at radius 2 is 1.59 bits per heavy atom. The van der Waals surface area contributed by atoms with E-state index in [-0.39, 0.29) is 19.3 Å². The van der Waals surface area contributed by atoms with Gasteiger partial charge in [0.25, 0.3) is 0 Å². The Bertz CT molecular complexity index is 667. The third-order valence-electron chi connectivity index (χ3n) is 3.74. The minimum absolute atomic E-state index is 0.0821. The molecule has 10 heteroatoms. The van der Waals surface area contributed by atoms with Gasteiger partial charge in [-0.05, 0) is 12.0 Å². The Balaban J connectivity index is 2.91. The van der Waals surface area contributed by atoms with Crippen molar-refractivity contribution in [2.75, 3.05) is 6.61 Å². The number of benzene rings is 1. The molecule has 1 rings (SSSR count). The number of primary amides is 1. The molecular weight excluding hydrogens is 356 g/mol. The van der Waals surface area contributed by atoms with Crippen molar-refractivity contribution in [1.29, 1.82) is 0 Å². The number of hydrogen-bond acceptors (Lipinski definition) is 6. The first-order valence-corrected chi connectivity index (χ1v) is 8.26. The fraction of sp³-hybridized carbons (Fsp3) is 0.412. The highest BCUT2D eigenvalue weighted by Crippen LogP contribution is 2.06. The number of carbonyl (C=O) groups is 4. The summed E-state index contributed by atoms with van der Waals surface area (Å²) in [6.45, 7) is -0.609. The SMILES string of the molecule is NC(=O)CCC(NC(=O)C(Cc1ccccc1)NC(=O)C(N)CO)C(=O)O. The van der Waals surface area contributed by atoms with Crippen molar-refractivity contribution in [3.63, 3.8) is 0 Å². The van der Waals surface area contributed by atoms with Crippen LogP contribution in [0.1, 0.15) is 18.4 Å². The number of carboxylic acid groups (broad SMARTS) is 1. The minimum atomic E-state index is -1.34. The number of rotatable bonds is 11. The van der Waals surface area contributed by atoms with Gasteiger partial charge in [-0.15, -0.1) is 0 Å². The second-order valence-electron chi connectivity index (χ2n) is 5.94. The van der Waals surface area contributed by atoms with Gasteiger partial charge in [-0.3, -0.25) is 14.4 Å². The van der Waals surface area contributed by atoms with Crippen molar-refractivity contribution in [2.24, 2.45) is 11.5 Å². The van der Waals surface area contributed by atoms with E-state index in [9.17, 15) is 24.3 Å². The number of hydrogen-bond donors (Lipinski definition) is 6. The maximum Gasteiger partial charge on any atom is 0.326 e. The molecule has 1 aromatic rings. The summed E-state index contributed by atoms with van der Waals surface area (Å²) in [5.41, 5.74) is 11.2. The highest BCUT2D eigenvalue weighted by Gasteiger charge is 2.28. The average molecular weight is 380 g/mol. The molecule has 3 amide bonds. The Labute approximate surface area is 155 Å². The molecule has 8 N–H and O–H groups in total. The van der Waals surface area contributed by atoms with E-state index in [2.05, 4.69) is 10.6 Å². The van der Waals surface area contributed by atoms with Gasteiger partial charge in [0.15, 0.2) is 0 Å². The molecule has 3 atom stereocenters. The second kappa shape index (κ2) is 10.9. The van der Waals surface area contributed by atoms with E-state index < -0.39 is 48.4 Å². The van der Waals surface area contributed by atoms with E-state index in [1.165, 1.54) is 0 Å². The van der Waals surface area contributed by atoms with Crippen LogP contribution in [0.2, 0.25) is 0 Å². The summed E-state index contributed by atoms with van der Waals surface area (Å²) in [7, 11) is 0. The van der Waals surface area contributed by atoms with E-state index >= 15 is 0 Å². The molecule has 27 heavy (non-hydrogen) atoms. The molecule has 0 aliphatic rings. The maximum atomic E-state index is 12.5. The fourth-order valence-corrected chi connectivity index (χ4v) is 2.24. The molecule has 0 saturated carbocycles. The highest BCUT2D eigenvalue weighted by molar-refractivity contribution is 5.92. The van der Waals surface area contributed by atoms with Gasteiger partial charge < -0.3 is 32.3 Å². The van der Waals surface area contributed by atoms with Crippen LogP contribution >= 0.6 is 0 Å². The lowest BCUT2D eigenvalue weighted by atomic mass is 10.0. The van der Waals surface area contributed by atoms with Crippen LogP contribution in [0.3, 0.4) is 0 Å². The normalized spacial score (nSPS) is 13.9. The van der Waals surface area contributed by atoms with E-state index in [1.807, 2.05) is 0 Å². The van der Waals surface area contributed by atoms with Crippen molar-refractivity contribution in [3.05, 3.63) is 35.9 Å². The largest absolute Gasteiger partial charge is 0.480 e. The Kier molecular flexibility index (Phi) is 8.90. The molecule has 10 nitrogen and oxygen atoms in total. The first kappa shape index (κ1) is 22.1. The van der Waals surface area contributed by atoms with Crippen molar-refractivity contribution >= 4 is 23.7 Å². The van der Waals surface area contributed by atoms with Crippen molar-refractivity contribution < 1.29 is 29.4 Å². The number of nitrogens with one attached hydrogen (secondary N) is 2. The van der Waals surface area contributed by atoms with E-state index in [0.29, 0.717) is 0 Å². The molecule has 0 heterocycles. The zero-order valence-electron chi connectivity index (χ0n) is 14.6. The third kappa shape index (κ3) is 7.84. The number of aliphatic carboxylic acids is 1. The van der Waals surface area contributed by atoms with Gasteiger partial charge in [0, 0.05) is 12.8 Å². The van der Waals surface area contributed by atoms with E-state index in [0.717, 1.165) is 5.56 Å². The molecule has 0 aliphatic carbocycles. The van der Waals surface area contributed by atoms with Crippen molar-refractivity contribution in [3.8, 4) is 0 Å². The fourth-order valence-electron chi connectivity index (χ4n) is 2.24. The average Bonchev–Trinajstić information content (AvgIpc) is 2.63. The smallest absolute Gasteiger partial charge is 0.326 e. The zero-order valence-corrected chi connectivity index (χ0v) is 14.6. The minimum Gasteiger partial charge on any atom is -0.480 e. The van der Waals surface area contributed by atoms with Crippen LogP contribution in [0.4, 0.5) is 0 Å². The van der Waals surface area contributed by atoms with Gasteiger partial charge in [-0.25, -0.2) is 4.79 Å². The number of carbonyl (C=O) groups excluding carboxylic acids is 3. The van der Waals surface area contributed by atoms with Gasteiger partial charge in [0.2, 0.25) is 17.7 Å². The molecule has 0 fully saturated rings. The Hall–Kier alpha value is -2.98. The first-order chi connectivity index (χ1) is 12.7. The van der Waals surface area contributed by atoms with Crippen LogP contribution in [0, 0.1) is 0 Å². The molecule has 0 bridgehead atoms. The van der Waals surface area contributed by atoms with Crippen molar-refractivity contribution in [2.45, 2.75) is 37.4 Å². The van der Waals surface area contributed by atoms with E-state index in [1.54, 1.807) is 30.3 Å². The summed E-state index contributed by atoms with van der Waals surface area (Å²) in [6.07, 6.45) is -0.320. The lowest BCUT2D eigenvalue weighted by molar-refractivity contribution is -0.142. The summed E-state index contributed by atoms with van der Waals surface area (Å²) >= 11 is 0. The number of amides is 3. The lowest BCUT2D eigenvalue weighted by Gasteiger charge is -2.22. The van der Waals surface area contributed by atoms with Crippen LogP contribution in [0.15, 0.2) is 30.3 Å². The van der Waals surface area contributed by atoms with Crippen LogP contribution in [0.25, 0.3) is 0 Å². The van der Waals surface area contributed by atoms with Gasteiger partial charge in [0.1, 0.15) is 18.1 Å². The summed E-state index contributed by atoms with van der Waals surface area (Å²) in [6, 6.07) is 5.07.